The second-order valence-corrected chi connectivity index (χ2v) is 11.8. The molecule has 3 aromatic carbocycles. The van der Waals surface area contributed by atoms with Crippen LogP contribution in [-0.2, 0) is 5.41 Å². The predicted molar refractivity (Wildman–Crippen MR) is 170 cm³/mol. The fraction of sp³-hybridized carbons (Fsp3) is 0.111. The molecule has 208 valence electrons. The number of rotatable bonds is 3. The van der Waals surface area contributed by atoms with E-state index in [2.05, 4.69) is 48.9 Å². The van der Waals surface area contributed by atoms with Crippen LogP contribution in [0.2, 0.25) is 0 Å². The average molecular weight is 562 g/mol. The van der Waals surface area contributed by atoms with E-state index in [0.717, 1.165) is 44.3 Å². The lowest BCUT2D eigenvalue weighted by Gasteiger charge is -2.18. The van der Waals surface area contributed by atoms with Gasteiger partial charge in [-0.15, -0.1) is 0 Å². The maximum atomic E-state index is 11.2. The number of aromatic nitrogens is 5. The van der Waals surface area contributed by atoms with Crippen molar-refractivity contribution in [2.45, 2.75) is 26.2 Å². The number of aromatic hydroxyl groups is 1. The molecule has 0 unspecified atom stereocenters. The lowest BCUT2D eigenvalue weighted by atomic mass is 9.87. The molecule has 1 N–H and O–H groups in total. The van der Waals surface area contributed by atoms with E-state index in [1.165, 1.54) is 5.56 Å². The minimum atomic E-state index is -0.0275. The van der Waals surface area contributed by atoms with Gasteiger partial charge in [0.05, 0.1) is 39.1 Å². The van der Waals surface area contributed by atoms with E-state index >= 15 is 0 Å². The molecule has 0 atom stereocenters. The predicted octanol–water partition coefficient (Wildman–Crippen LogP) is 8.58. The van der Waals surface area contributed by atoms with Gasteiger partial charge in [0.2, 0.25) is 11.5 Å². The van der Waals surface area contributed by atoms with E-state index in [0.29, 0.717) is 28.3 Å². The Hall–Kier alpha value is -5.56. The molecule has 0 aliphatic rings. The van der Waals surface area contributed by atoms with Crippen LogP contribution in [0, 0.1) is 0 Å². The molecule has 43 heavy (non-hydrogen) atoms. The van der Waals surface area contributed by atoms with Gasteiger partial charge in [0.1, 0.15) is 5.75 Å². The van der Waals surface area contributed by atoms with Gasteiger partial charge in [-0.3, -0.25) is 4.98 Å². The maximum absolute atomic E-state index is 11.2. The maximum Gasteiger partial charge on any atom is 0.237 e. The van der Waals surface area contributed by atoms with Gasteiger partial charge in [0.25, 0.3) is 0 Å². The first-order valence-corrected chi connectivity index (χ1v) is 14.2. The van der Waals surface area contributed by atoms with E-state index in [9.17, 15) is 5.11 Å². The number of phenols is 1. The van der Waals surface area contributed by atoms with Gasteiger partial charge >= 0.3 is 0 Å². The Morgan fingerprint density at radius 3 is 2.33 bits per heavy atom. The molecule has 0 amide bonds. The molecule has 0 saturated heterocycles. The normalized spacial score (nSPS) is 12.2. The van der Waals surface area contributed by atoms with Gasteiger partial charge in [-0.05, 0) is 65.6 Å². The smallest absolute Gasteiger partial charge is 0.237 e. The van der Waals surface area contributed by atoms with Crippen molar-refractivity contribution in [3.05, 3.63) is 109 Å². The highest BCUT2D eigenvalue weighted by molar-refractivity contribution is 6.10. The monoisotopic (exact) mass is 561 g/mol. The van der Waals surface area contributed by atoms with Crippen molar-refractivity contribution in [1.82, 2.24) is 24.3 Å². The van der Waals surface area contributed by atoms with E-state index in [1.807, 2.05) is 71.1 Å². The van der Waals surface area contributed by atoms with Crippen molar-refractivity contribution in [2.24, 2.45) is 0 Å². The van der Waals surface area contributed by atoms with Crippen molar-refractivity contribution in [3.8, 4) is 39.5 Å². The van der Waals surface area contributed by atoms with Crippen LogP contribution in [0.1, 0.15) is 26.3 Å². The highest BCUT2D eigenvalue weighted by Crippen LogP contribution is 2.41. The zero-order chi connectivity index (χ0) is 29.3. The summed E-state index contributed by atoms with van der Waals surface area (Å²) in [5.41, 5.74) is 8.89. The number of furan rings is 1. The number of phenolic OH excluding ortho intramolecular Hbond substituents is 1. The standard InChI is InChI=1S/C36H27N5O2/c1-36(2,3)23-13-15-28-30(19-23)41-34-25(20-38-35(41)40-28)24-14-16-31(42)32(33(24)43-34)29-12-7-11-27(39-29)22-9-6-8-21(18-22)26-10-4-5-17-37-26/h4-20,42H,1-3H3. The van der Waals surface area contributed by atoms with E-state index < -0.39 is 0 Å². The van der Waals surface area contributed by atoms with Gasteiger partial charge in [-0.25, -0.2) is 19.4 Å². The summed E-state index contributed by atoms with van der Waals surface area (Å²) in [6.07, 6.45) is 3.58. The molecule has 8 rings (SSSR count). The summed E-state index contributed by atoms with van der Waals surface area (Å²) in [5.74, 6) is 0.652. The molecule has 8 aromatic rings. The molecule has 7 nitrogen and oxygen atoms in total. The zero-order valence-corrected chi connectivity index (χ0v) is 23.9. The van der Waals surface area contributed by atoms with Gasteiger partial charge < -0.3 is 9.52 Å². The first-order valence-electron chi connectivity index (χ1n) is 14.2. The molecule has 5 heterocycles. The Morgan fingerprint density at radius 2 is 1.51 bits per heavy atom. The molecule has 0 radical (unpaired) electrons. The van der Waals surface area contributed by atoms with E-state index in [4.69, 9.17) is 14.4 Å². The summed E-state index contributed by atoms with van der Waals surface area (Å²) < 4.78 is 8.59. The lowest BCUT2D eigenvalue weighted by Crippen LogP contribution is -2.10. The summed E-state index contributed by atoms with van der Waals surface area (Å²) in [5, 5.41) is 12.8. The minimum Gasteiger partial charge on any atom is -0.507 e. The largest absolute Gasteiger partial charge is 0.507 e. The minimum absolute atomic E-state index is 0.0275. The third kappa shape index (κ3) is 4.04. The number of hydrogen-bond acceptors (Lipinski definition) is 6. The second-order valence-electron chi connectivity index (χ2n) is 11.8. The average Bonchev–Trinajstić information content (AvgIpc) is 3.59. The van der Waals surface area contributed by atoms with Crippen LogP contribution < -0.4 is 0 Å². The highest BCUT2D eigenvalue weighted by atomic mass is 16.3. The molecular formula is C36H27N5O2. The Balaban J connectivity index is 1.33. The third-order valence-corrected chi connectivity index (χ3v) is 7.99. The quantitative estimate of drug-likeness (QED) is 0.232. The zero-order valence-electron chi connectivity index (χ0n) is 23.9. The number of nitrogens with zero attached hydrogens (tertiary/aromatic N) is 5. The fourth-order valence-electron chi connectivity index (χ4n) is 5.74. The Morgan fingerprint density at radius 1 is 0.721 bits per heavy atom. The summed E-state index contributed by atoms with van der Waals surface area (Å²) >= 11 is 0. The first kappa shape index (κ1) is 25.2. The number of hydrogen-bond donors (Lipinski definition) is 1. The topological polar surface area (TPSA) is 89.3 Å². The van der Waals surface area contributed by atoms with Crippen LogP contribution in [0.5, 0.6) is 5.75 Å². The molecule has 7 heteroatoms. The summed E-state index contributed by atoms with van der Waals surface area (Å²) in [4.78, 5) is 18.9. The van der Waals surface area contributed by atoms with E-state index in [1.54, 1.807) is 18.5 Å². The van der Waals surface area contributed by atoms with Crippen LogP contribution in [0.4, 0.5) is 0 Å². The fourth-order valence-corrected chi connectivity index (χ4v) is 5.74. The van der Waals surface area contributed by atoms with E-state index in [-0.39, 0.29) is 11.2 Å². The van der Waals surface area contributed by atoms with Crippen molar-refractivity contribution in [2.75, 3.05) is 0 Å². The number of fused-ring (bicyclic) bond motifs is 7. The summed E-state index contributed by atoms with van der Waals surface area (Å²) in [6, 6.07) is 29.7. The van der Waals surface area contributed by atoms with Crippen molar-refractivity contribution in [1.29, 1.82) is 0 Å². The number of imidazole rings is 1. The second kappa shape index (κ2) is 9.22. The molecule has 0 spiro atoms. The van der Waals surface area contributed by atoms with Crippen molar-refractivity contribution < 1.29 is 9.52 Å². The highest BCUT2D eigenvalue weighted by Gasteiger charge is 2.22. The SMILES string of the molecule is CC(C)(C)c1ccc2nc3ncc4c5ccc(O)c(-c6cccc(-c7cccc(-c8ccccn8)c7)n6)c5oc4n3c2c1. The molecule has 0 bridgehead atoms. The van der Waals surface area contributed by atoms with Crippen molar-refractivity contribution >= 4 is 38.9 Å². The first-order chi connectivity index (χ1) is 20.8. The lowest BCUT2D eigenvalue weighted by molar-refractivity contribution is 0.476. The molecule has 0 saturated carbocycles. The van der Waals surface area contributed by atoms with Crippen molar-refractivity contribution in [3.63, 3.8) is 0 Å². The Kier molecular flexibility index (Phi) is 5.40. The van der Waals surface area contributed by atoms with Crippen LogP contribution in [0.3, 0.4) is 0 Å². The molecule has 5 aromatic heterocycles. The molecule has 0 aliphatic heterocycles. The molecule has 0 fully saturated rings. The number of benzene rings is 3. The van der Waals surface area contributed by atoms with Crippen LogP contribution in [0.25, 0.3) is 72.7 Å². The third-order valence-electron chi connectivity index (χ3n) is 7.99. The van der Waals surface area contributed by atoms with Crippen LogP contribution >= 0.6 is 0 Å². The number of pyridine rings is 2. The summed E-state index contributed by atoms with van der Waals surface area (Å²) in [6.45, 7) is 6.58. The van der Waals surface area contributed by atoms with Gasteiger partial charge in [-0.1, -0.05) is 57.2 Å². The van der Waals surface area contributed by atoms with Gasteiger partial charge in [0, 0.05) is 28.9 Å². The Bertz CT molecular complexity index is 2350. The van der Waals surface area contributed by atoms with Crippen LogP contribution in [-0.4, -0.2) is 29.4 Å². The molecule has 0 aliphatic carbocycles. The van der Waals surface area contributed by atoms with Gasteiger partial charge in [-0.2, -0.15) is 0 Å². The van der Waals surface area contributed by atoms with Crippen LogP contribution in [0.15, 0.2) is 108 Å². The van der Waals surface area contributed by atoms with Gasteiger partial charge in [0.15, 0.2) is 5.58 Å². The Labute approximate surface area is 247 Å². The molecular weight excluding hydrogens is 534 g/mol. The summed E-state index contributed by atoms with van der Waals surface area (Å²) in [7, 11) is 0.